The number of thioether (sulfide) groups is 1. The Balaban J connectivity index is 4.02. The molecule has 0 radical (unpaired) electrons. The number of hydrogen-bond donors (Lipinski definition) is 2. The molecule has 0 fully saturated rings. The molecule has 2 atom stereocenters. The molecule has 0 aromatic carbocycles. The molecule has 90 valence electrons. The summed E-state index contributed by atoms with van der Waals surface area (Å²) in [6.07, 6.45) is 2.76. The van der Waals surface area contributed by atoms with Gasteiger partial charge >= 0.3 is 0 Å². The molecule has 0 saturated heterocycles. The molecule has 4 heteroatoms. The van der Waals surface area contributed by atoms with Crippen molar-refractivity contribution in [2.75, 3.05) is 12.0 Å². The molecular formula is C11H24N2OS. The molecule has 0 aliphatic heterocycles. The maximum atomic E-state index is 11.7. The topological polar surface area (TPSA) is 55.1 Å². The van der Waals surface area contributed by atoms with Crippen LogP contribution < -0.4 is 11.1 Å². The van der Waals surface area contributed by atoms with Crippen LogP contribution in [0, 0.1) is 5.41 Å². The fraction of sp³-hybridized carbons (Fsp3) is 0.909. The minimum absolute atomic E-state index is 0.0357. The number of hydrogen-bond acceptors (Lipinski definition) is 3. The summed E-state index contributed by atoms with van der Waals surface area (Å²) >= 11 is 1.71. The number of nitrogens with two attached hydrogens (primary N) is 1. The van der Waals surface area contributed by atoms with Crippen molar-refractivity contribution in [3.8, 4) is 0 Å². The molecular weight excluding hydrogens is 208 g/mol. The van der Waals surface area contributed by atoms with Gasteiger partial charge < -0.3 is 11.1 Å². The van der Waals surface area contributed by atoms with Crippen LogP contribution in [-0.4, -0.2) is 30.0 Å². The summed E-state index contributed by atoms with van der Waals surface area (Å²) in [6, 6.07) is -0.229. The van der Waals surface area contributed by atoms with Crippen molar-refractivity contribution < 1.29 is 4.79 Å². The van der Waals surface area contributed by atoms with Crippen LogP contribution in [0.25, 0.3) is 0 Å². The van der Waals surface area contributed by atoms with Crippen LogP contribution in [0.15, 0.2) is 0 Å². The summed E-state index contributed by atoms with van der Waals surface area (Å²) in [7, 11) is 0. The largest absolute Gasteiger partial charge is 0.352 e. The standard InChI is InChI=1S/C11H24N2OS/c1-8(11(2,3)4)13-10(14)9(12)6-7-15-5/h8-9H,6-7,12H2,1-5H3,(H,13,14)/t8?,9-/m1/s1. The second kappa shape index (κ2) is 6.38. The lowest BCUT2D eigenvalue weighted by molar-refractivity contribution is -0.123. The highest BCUT2D eigenvalue weighted by atomic mass is 32.2. The Hall–Kier alpha value is -0.220. The summed E-state index contributed by atoms with van der Waals surface area (Å²) < 4.78 is 0. The molecule has 0 aromatic heterocycles. The Bertz CT molecular complexity index is 201. The van der Waals surface area contributed by atoms with E-state index in [0.29, 0.717) is 0 Å². The number of rotatable bonds is 5. The third-order valence-electron chi connectivity index (χ3n) is 2.63. The van der Waals surface area contributed by atoms with Gasteiger partial charge in [0.1, 0.15) is 0 Å². The molecule has 0 heterocycles. The van der Waals surface area contributed by atoms with E-state index >= 15 is 0 Å². The first kappa shape index (κ1) is 14.8. The fourth-order valence-electron chi connectivity index (χ4n) is 0.913. The zero-order valence-corrected chi connectivity index (χ0v) is 11.3. The predicted octanol–water partition coefficient (Wildman–Crippen LogP) is 1.62. The average Bonchev–Trinajstić information content (AvgIpc) is 2.12. The molecule has 15 heavy (non-hydrogen) atoms. The van der Waals surface area contributed by atoms with E-state index in [1.807, 2.05) is 13.2 Å². The highest BCUT2D eigenvalue weighted by molar-refractivity contribution is 7.98. The minimum atomic E-state index is -0.373. The molecule has 0 bridgehead atoms. The summed E-state index contributed by atoms with van der Waals surface area (Å²) in [5.74, 6) is 0.893. The molecule has 0 rings (SSSR count). The summed E-state index contributed by atoms with van der Waals surface area (Å²) in [4.78, 5) is 11.7. The highest BCUT2D eigenvalue weighted by Gasteiger charge is 2.23. The Kier molecular flexibility index (Phi) is 6.29. The molecule has 1 amide bonds. The smallest absolute Gasteiger partial charge is 0.237 e. The first-order valence-electron chi connectivity index (χ1n) is 5.34. The van der Waals surface area contributed by atoms with E-state index < -0.39 is 0 Å². The van der Waals surface area contributed by atoms with Gasteiger partial charge in [-0.15, -0.1) is 0 Å². The third kappa shape index (κ3) is 6.05. The van der Waals surface area contributed by atoms with E-state index in [1.165, 1.54) is 0 Å². The molecule has 1 unspecified atom stereocenters. The lowest BCUT2D eigenvalue weighted by Crippen LogP contribution is -2.48. The van der Waals surface area contributed by atoms with Crippen LogP contribution in [0.4, 0.5) is 0 Å². The number of nitrogens with one attached hydrogen (secondary N) is 1. The summed E-state index contributed by atoms with van der Waals surface area (Å²) in [5, 5.41) is 2.96. The van der Waals surface area contributed by atoms with Gasteiger partial charge in [0.25, 0.3) is 0 Å². The van der Waals surface area contributed by atoms with Crippen LogP contribution >= 0.6 is 11.8 Å². The van der Waals surface area contributed by atoms with Gasteiger partial charge in [-0.3, -0.25) is 4.79 Å². The van der Waals surface area contributed by atoms with Gasteiger partial charge in [-0.1, -0.05) is 20.8 Å². The number of carbonyl (C=O) groups is 1. The van der Waals surface area contributed by atoms with Gasteiger partial charge in [0, 0.05) is 6.04 Å². The molecule has 3 nitrogen and oxygen atoms in total. The van der Waals surface area contributed by atoms with Gasteiger partial charge in [-0.05, 0) is 30.8 Å². The van der Waals surface area contributed by atoms with Crippen molar-refractivity contribution in [1.29, 1.82) is 0 Å². The SMILES string of the molecule is CSCC[C@@H](N)C(=O)NC(C)C(C)(C)C. The fourth-order valence-corrected chi connectivity index (χ4v) is 1.40. The van der Waals surface area contributed by atoms with Crippen molar-refractivity contribution in [1.82, 2.24) is 5.32 Å². The van der Waals surface area contributed by atoms with Gasteiger partial charge in [-0.25, -0.2) is 0 Å². The Morgan fingerprint density at radius 3 is 2.40 bits per heavy atom. The number of carbonyl (C=O) groups excluding carboxylic acids is 1. The molecule has 3 N–H and O–H groups in total. The van der Waals surface area contributed by atoms with Crippen LogP contribution in [0.5, 0.6) is 0 Å². The molecule has 0 aliphatic carbocycles. The zero-order chi connectivity index (χ0) is 12.1. The quantitative estimate of drug-likeness (QED) is 0.757. The van der Waals surface area contributed by atoms with Crippen molar-refractivity contribution in [3.05, 3.63) is 0 Å². The molecule has 0 spiro atoms. The first-order valence-corrected chi connectivity index (χ1v) is 6.73. The second-order valence-corrected chi connectivity index (χ2v) is 5.97. The van der Waals surface area contributed by atoms with E-state index in [2.05, 4.69) is 26.1 Å². The molecule has 0 aliphatic rings. The molecule has 0 aromatic rings. The Morgan fingerprint density at radius 1 is 1.47 bits per heavy atom. The van der Waals surface area contributed by atoms with E-state index in [1.54, 1.807) is 11.8 Å². The van der Waals surface area contributed by atoms with Crippen LogP contribution in [0.1, 0.15) is 34.1 Å². The van der Waals surface area contributed by atoms with E-state index in [0.717, 1.165) is 12.2 Å². The van der Waals surface area contributed by atoms with Crippen molar-refractivity contribution in [3.63, 3.8) is 0 Å². The van der Waals surface area contributed by atoms with Crippen molar-refractivity contribution in [2.45, 2.75) is 46.2 Å². The Labute approximate surface area is 97.6 Å². The van der Waals surface area contributed by atoms with Crippen LogP contribution in [0.3, 0.4) is 0 Å². The first-order chi connectivity index (χ1) is 6.79. The van der Waals surface area contributed by atoms with Crippen molar-refractivity contribution >= 4 is 17.7 Å². The monoisotopic (exact) mass is 232 g/mol. The highest BCUT2D eigenvalue weighted by Crippen LogP contribution is 2.18. The normalized spacial score (nSPS) is 15.9. The average molecular weight is 232 g/mol. The maximum absolute atomic E-state index is 11.7. The number of amides is 1. The van der Waals surface area contributed by atoms with E-state index in [-0.39, 0.29) is 23.4 Å². The molecule has 0 saturated carbocycles. The summed E-state index contributed by atoms with van der Waals surface area (Å²) in [5.41, 5.74) is 5.85. The van der Waals surface area contributed by atoms with Gasteiger partial charge in [0.05, 0.1) is 6.04 Å². The zero-order valence-electron chi connectivity index (χ0n) is 10.5. The maximum Gasteiger partial charge on any atom is 0.237 e. The lowest BCUT2D eigenvalue weighted by Gasteiger charge is -2.29. The predicted molar refractivity (Wildman–Crippen MR) is 68.0 cm³/mol. The van der Waals surface area contributed by atoms with Gasteiger partial charge in [0.2, 0.25) is 5.91 Å². The third-order valence-corrected chi connectivity index (χ3v) is 3.27. The minimum Gasteiger partial charge on any atom is -0.352 e. The summed E-state index contributed by atoms with van der Waals surface area (Å²) in [6.45, 7) is 8.32. The second-order valence-electron chi connectivity index (χ2n) is 4.98. The Morgan fingerprint density at radius 2 is 2.00 bits per heavy atom. The van der Waals surface area contributed by atoms with E-state index in [4.69, 9.17) is 5.73 Å². The lowest BCUT2D eigenvalue weighted by atomic mass is 9.88. The van der Waals surface area contributed by atoms with Gasteiger partial charge in [0.15, 0.2) is 0 Å². The van der Waals surface area contributed by atoms with E-state index in [9.17, 15) is 4.79 Å². The van der Waals surface area contributed by atoms with Crippen LogP contribution in [0.2, 0.25) is 0 Å². The van der Waals surface area contributed by atoms with Gasteiger partial charge in [-0.2, -0.15) is 11.8 Å². The van der Waals surface area contributed by atoms with Crippen molar-refractivity contribution in [2.24, 2.45) is 11.1 Å². The van der Waals surface area contributed by atoms with Crippen LogP contribution in [-0.2, 0) is 4.79 Å².